The van der Waals surface area contributed by atoms with E-state index in [1.54, 1.807) is 11.3 Å². The number of amides is 1. The quantitative estimate of drug-likeness (QED) is 0.590. The number of fused-ring (bicyclic) bond motifs is 4. The second kappa shape index (κ2) is 8.12. The van der Waals surface area contributed by atoms with Crippen molar-refractivity contribution in [3.8, 4) is 10.4 Å². The fourth-order valence-electron chi connectivity index (χ4n) is 4.15. The summed E-state index contributed by atoms with van der Waals surface area (Å²) in [7, 11) is 0. The number of aromatic nitrogens is 2. The molecule has 0 aliphatic carbocycles. The number of benzene rings is 1. The van der Waals surface area contributed by atoms with Gasteiger partial charge in [-0.1, -0.05) is 12.1 Å². The fraction of sp³-hybridized carbons (Fsp3) is 0.350. The van der Waals surface area contributed by atoms with Crippen molar-refractivity contribution in [3.63, 3.8) is 0 Å². The van der Waals surface area contributed by atoms with Crippen LogP contribution in [0.15, 0.2) is 35.7 Å². The number of carbonyl (C=O) groups excluding carboxylic acids is 1. The monoisotopic (exact) mass is 398 g/mol. The van der Waals surface area contributed by atoms with Gasteiger partial charge in [0.15, 0.2) is 5.69 Å². The van der Waals surface area contributed by atoms with Crippen LogP contribution in [0.1, 0.15) is 23.3 Å². The Hall–Kier alpha value is -2.71. The molecule has 3 aromatic rings. The Morgan fingerprint density at radius 2 is 2.11 bits per heavy atom. The highest BCUT2D eigenvalue weighted by atomic mass is 32.1. The van der Waals surface area contributed by atoms with Gasteiger partial charge in [0.25, 0.3) is 12.4 Å². The van der Waals surface area contributed by atoms with Crippen LogP contribution >= 0.6 is 11.3 Å². The first-order valence-electron chi connectivity index (χ1n) is 9.32. The van der Waals surface area contributed by atoms with Gasteiger partial charge in [-0.25, -0.2) is 0 Å². The van der Waals surface area contributed by atoms with Crippen molar-refractivity contribution in [2.24, 2.45) is 5.92 Å². The van der Waals surface area contributed by atoms with E-state index in [1.807, 2.05) is 12.1 Å². The molecule has 0 saturated carbocycles. The summed E-state index contributed by atoms with van der Waals surface area (Å²) in [6.45, 7) is 3.07. The van der Waals surface area contributed by atoms with Crippen molar-refractivity contribution in [2.75, 3.05) is 19.6 Å². The summed E-state index contributed by atoms with van der Waals surface area (Å²) in [5, 5.41) is 20.4. The van der Waals surface area contributed by atoms with Crippen LogP contribution in [0.25, 0.3) is 21.3 Å². The first kappa shape index (κ1) is 18.6. The van der Waals surface area contributed by atoms with E-state index in [2.05, 4.69) is 44.0 Å². The lowest BCUT2D eigenvalue weighted by Crippen LogP contribution is -2.57. The molecule has 146 valence electrons. The van der Waals surface area contributed by atoms with Gasteiger partial charge in [0, 0.05) is 22.8 Å². The highest BCUT2D eigenvalue weighted by molar-refractivity contribution is 7.13. The molecule has 3 aliphatic rings. The number of carboxylic acid groups (broad SMARTS) is 1. The largest absolute Gasteiger partial charge is 0.483 e. The molecule has 2 aromatic heterocycles. The molecule has 1 amide bonds. The molecule has 0 unspecified atom stereocenters. The van der Waals surface area contributed by atoms with Crippen molar-refractivity contribution in [1.29, 1.82) is 0 Å². The maximum Gasteiger partial charge on any atom is 0.290 e. The summed E-state index contributed by atoms with van der Waals surface area (Å²) in [4.78, 5) is 24.8. The van der Waals surface area contributed by atoms with E-state index < -0.39 is 0 Å². The topological polar surface area (TPSA) is 98.3 Å². The lowest BCUT2D eigenvalue weighted by molar-refractivity contribution is -0.122. The van der Waals surface area contributed by atoms with Crippen LogP contribution in [0.3, 0.4) is 0 Å². The SMILES string of the molecule is O=C(N[C@H]1CN2CCC1CC2)c1n[nH]c2cc(-c3cccs3)ccc12.O=CO. The van der Waals surface area contributed by atoms with E-state index >= 15 is 0 Å². The van der Waals surface area contributed by atoms with E-state index in [1.165, 1.54) is 30.8 Å². The van der Waals surface area contributed by atoms with Crippen LogP contribution < -0.4 is 5.32 Å². The Labute approximate surface area is 166 Å². The molecular weight excluding hydrogens is 376 g/mol. The standard InChI is InChI=1S/C19H20N4OS.CH2O2/c24-19(20-16-11-23-7-5-12(16)6-8-23)18-14-4-3-13(10-15(14)21-22-18)17-2-1-9-25-17;2-1-3/h1-4,9-10,12,16H,5-8,11H2,(H,20,24)(H,21,22);1H,(H,2,3)/t16-;/m0./s1. The highest BCUT2D eigenvalue weighted by Crippen LogP contribution is 2.30. The molecule has 1 aromatic carbocycles. The number of H-pyrrole nitrogens is 1. The number of rotatable bonds is 3. The molecule has 1 atom stereocenters. The van der Waals surface area contributed by atoms with E-state index in [-0.39, 0.29) is 18.4 Å². The third-order valence-corrected chi connectivity index (χ3v) is 6.48. The number of hydrogen-bond donors (Lipinski definition) is 3. The number of aromatic amines is 1. The van der Waals surface area contributed by atoms with E-state index in [4.69, 9.17) is 9.90 Å². The summed E-state index contributed by atoms with van der Waals surface area (Å²) in [6, 6.07) is 10.5. The molecule has 3 fully saturated rings. The van der Waals surface area contributed by atoms with Crippen molar-refractivity contribution >= 4 is 34.6 Å². The van der Waals surface area contributed by atoms with Crippen molar-refractivity contribution < 1.29 is 14.7 Å². The summed E-state index contributed by atoms with van der Waals surface area (Å²) < 4.78 is 0. The first-order valence-corrected chi connectivity index (χ1v) is 10.2. The Kier molecular flexibility index (Phi) is 5.40. The van der Waals surface area contributed by atoms with Crippen molar-refractivity contribution in [1.82, 2.24) is 20.4 Å². The zero-order valence-electron chi connectivity index (χ0n) is 15.3. The fourth-order valence-corrected chi connectivity index (χ4v) is 4.88. The highest BCUT2D eigenvalue weighted by Gasteiger charge is 2.35. The van der Waals surface area contributed by atoms with Crippen molar-refractivity contribution in [3.05, 3.63) is 41.4 Å². The minimum atomic E-state index is -0.250. The van der Waals surface area contributed by atoms with Crippen molar-refractivity contribution in [2.45, 2.75) is 18.9 Å². The van der Waals surface area contributed by atoms with Crippen LogP contribution in [-0.4, -0.2) is 58.3 Å². The molecule has 8 heteroatoms. The van der Waals surface area contributed by atoms with Gasteiger partial charge in [0.05, 0.1) is 5.52 Å². The lowest BCUT2D eigenvalue weighted by atomic mass is 9.84. The smallest absolute Gasteiger partial charge is 0.290 e. The predicted octanol–water partition coefficient (Wildman–Crippen LogP) is 2.82. The van der Waals surface area contributed by atoms with Crippen LogP contribution in [0.2, 0.25) is 0 Å². The molecule has 0 radical (unpaired) electrons. The summed E-state index contributed by atoms with van der Waals surface area (Å²) >= 11 is 1.71. The third kappa shape index (κ3) is 3.65. The molecule has 3 saturated heterocycles. The van der Waals surface area contributed by atoms with Gasteiger partial charge in [-0.15, -0.1) is 11.3 Å². The Morgan fingerprint density at radius 3 is 2.75 bits per heavy atom. The van der Waals surface area contributed by atoms with Crippen LogP contribution in [0.5, 0.6) is 0 Å². The summed E-state index contributed by atoms with van der Waals surface area (Å²) in [5.41, 5.74) is 2.56. The zero-order valence-corrected chi connectivity index (χ0v) is 16.1. The second-order valence-corrected chi connectivity index (χ2v) is 8.08. The third-order valence-electron chi connectivity index (χ3n) is 5.56. The normalized spacial score (nSPS) is 23.1. The van der Waals surface area contributed by atoms with E-state index in [0.717, 1.165) is 23.0 Å². The van der Waals surface area contributed by atoms with Crippen LogP contribution in [0.4, 0.5) is 0 Å². The van der Waals surface area contributed by atoms with Gasteiger partial charge >= 0.3 is 0 Å². The van der Waals surface area contributed by atoms with E-state index in [0.29, 0.717) is 11.6 Å². The number of nitrogens with one attached hydrogen (secondary N) is 2. The maximum absolute atomic E-state index is 12.8. The van der Waals surface area contributed by atoms with Gasteiger partial charge in [-0.2, -0.15) is 5.10 Å². The number of carbonyl (C=O) groups is 2. The molecular formula is C20H22N4O3S. The lowest BCUT2D eigenvalue weighted by Gasteiger charge is -2.44. The second-order valence-electron chi connectivity index (χ2n) is 7.13. The first-order chi connectivity index (χ1) is 13.7. The Balaban J connectivity index is 0.000000604. The Bertz CT molecular complexity index is 961. The van der Waals surface area contributed by atoms with Gasteiger partial charge in [0.2, 0.25) is 0 Å². The minimum Gasteiger partial charge on any atom is -0.483 e. The number of thiophene rings is 1. The molecule has 3 N–H and O–H groups in total. The number of nitrogens with zero attached hydrogens (tertiary/aromatic N) is 2. The van der Waals surface area contributed by atoms with Gasteiger partial charge in [-0.3, -0.25) is 14.7 Å². The van der Waals surface area contributed by atoms with Gasteiger partial charge < -0.3 is 15.3 Å². The molecule has 3 aliphatic heterocycles. The summed E-state index contributed by atoms with van der Waals surface area (Å²) in [5.74, 6) is 0.554. The van der Waals surface area contributed by atoms with Gasteiger partial charge in [-0.05, 0) is 61.0 Å². The Morgan fingerprint density at radius 1 is 1.32 bits per heavy atom. The molecule has 6 rings (SSSR count). The predicted molar refractivity (Wildman–Crippen MR) is 109 cm³/mol. The number of hydrogen-bond acceptors (Lipinski definition) is 5. The summed E-state index contributed by atoms with van der Waals surface area (Å²) in [6.07, 6.45) is 2.38. The molecule has 7 nitrogen and oxygen atoms in total. The molecule has 0 spiro atoms. The maximum atomic E-state index is 12.8. The average Bonchev–Trinajstić information content (AvgIpc) is 3.39. The van der Waals surface area contributed by atoms with Crippen LogP contribution in [-0.2, 0) is 4.79 Å². The zero-order chi connectivity index (χ0) is 19.5. The van der Waals surface area contributed by atoms with Gasteiger partial charge in [0.1, 0.15) is 0 Å². The molecule has 2 bridgehead atoms. The minimum absolute atomic E-state index is 0.0612. The van der Waals surface area contributed by atoms with Crippen LogP contribution in [0, 0.1) is 5.92 Å². The number of piperidine rings is 3. The van der Waals surface area contributed by atoms with E-state index in [9.17, 15) is 4.79 Å². The molecule has 5 heterocycles. The molecule has 28 heavy (non-hydrogen) atoms. The average molecular weight is 398 g/mol.